The Morgan fingerprint density at radius 1 is 1.05 bits per heavy atom. The predicted octanol–water partition coefficient (Wildman–Crippen LogP) is 2.41. The van der Waals surface area contributed by atoms with Gasteiger partial charge in [0.05, 0.1) is 0 Å². The van der Waals surface area contributed by atoms with Crippen LogP contribution in [0.15, 0.2) is 0 Å². The lowest BCUT2D eigenvalue weighted by Gasteiger charge is -2.42. The van der Waals surface area contributed by atoms with Crippen LogP contribution in [0, 0.1) is 5.92 Å². The monoisotopic (exact) mass is 270 g/mol. The van der Waals surface area contributed by atoms with Gasteiger partial charge in [-0.25, -0.2) is 4.79 Å². The molecule has 0 heterocycles. The molecule has 0 bridgehead atoms. The zero-order valence-electron chi connectivity index (χ0n) is 12.6. The van der Waals surface area contributed by atoms with Crippen molar-refractivity contribution < 1.29 is 14.7 Å². The summed E-state index contributed by atoms with van der Waals surface area (Å²) in [5, 5.41) is 9.38. The van der Waals surface area contributed by atoms with Gasteiger partial charge in [0.1, 0.15) is 0 Å². The van der Waals surface area contributed by atoms with Gasteiger partial charge in [0.2, 0.25) is 5.91 Å². The maximum atomic E-state index is 11.9. The number of hydrogen-bond donors (Lipinski definition) is 1. The van der Waals surface area contributed by atoms with Crippen LogP contribution in [0.5, 0.6) is 0 Å². The number of hydrogen-bond acceptors (Lipinski definition) is 2. The van der Waals surface area contributed by atoms with Crippen molar-refractivity contribution >= 4 is 12.0 Å². The van der Waals surface area contributed by atoms with Crippen molar-refractivity contribution in [2.75, 3.05) is 14.1 Å². The van der Waals surface area contributed by atoms with Crippen LogP contribution in [-0.4, -0.2) is 52.6 Å². The molecule has 0 saturated heterocycles. The highest BCUT2D eigenvalue weighted by Gasteiger charge is 2.37. The Labute approximate surface area is 115 Å². The van der Waals surface area contributed by atoms with Crippen molar-refractivity contribution in [3.63, 3.8) is 0 Å². The predicted molar refractivity (Wildman–Crippen MR) is 74.1 cm³/mol. The van der Waals surface area contributed by atoms with Crippen LogP contribution in [-0.2, 0) is 4.79 Å². The lowest BCUT2D eigenvalue weighted by atomic mass is 9.83. The summed E-state index contributed by atoms with van der Waals surface area (Å²) in [5.41, 5.74) is -0.394. The highest BCUT2D eigenvalue weighted by atomic mass is 16.4. The quantitative estimate of drug-likeness (QED) is 0.838. The van der Waals surface area contributed by atoms with E-state index in [1.807, 2.05) is 20.8 Å². The fourth-order valence-electron chi connectivity index (χ4n) is 2.94. The minimum absolute atomic E-state index is 0.0312. The van der Waals surface area contributed by atoms with Gasteiger partial charge in [-0.3, -0.25) is 4.79 Å². The Kier molecular flexibility index (Phi) is 4.82. The van der Waals surface area contributed by atoms with Gasteiger partial charge in [0, 0.05) is 31.6 Å². The molecule has 110 valence electrons. The molecule has 1 aliphatic rings. The zero-order valence-corrected chi connectivity index (χ0v) is 12.6. The summed E-state index contributed by atoms with van der Waals surface area (Å²) in [7, 11) is 3.54. The Balaban J connectivity index is 2.67. The summed E-state index contributed by atoms with van der Waals surface area (Å²) in [6.07, 6.45) is 2.24. The van der Waals surface area contributed by atoms with E-state index in [4.69, 9.17) is 0 Å². The van der Waals surface area contributed by atoms with Gasteiger partial charge in [-0.2, -0.15) is 0 Å². The van der Waals surface area contributed by atoms with Gasteiger partial charge in [0.25, 0.3) is 0 Å². The molecule has 19 heavy (non-hydrogen) atoms. The average Bonchev–Trinajstić information content (AvgIpc) is 2.26. The molecule has 0 spiro atoms. The molecule has 0 radical (unpaired) electrons. The molecule has 5 heteroatoms. The van der Waals surface area contributed by atoms with Gasteiger partial charge < -0.3 is 14.9 Å². The second-order valence-corrected chi connectivity index (χ2v) is 6.56. The zero-order chi connectivity index (χ0) is 14.8. The summed E-state index contributed by atoms with van der Waals surface area (Å²) in [6.45, 7) is 5.74. The van der Waals surface area contributed by atoms with E-state index < -0.39 is 11.6 Å². The normalized spacial score (nSPS) is 23.8. The van der Waals surface area contributed by atoms with Crippen molar-refractivity contribution in [2.45, 2.75) is 58.0 Å². The highest BCUT2D eigenvalue weighted by Crippen LogP contribution is 2.32. The first-order valence-electron chi connectivity index (χ1n) is 6.88. The third kappa shape index (κ3) is 3.85. The molecule has 1 aliphatic carbocycles. The third-order valence-electron chi connectivity index (χ3n) is 3.78. The topological polar surface area (TPSA) is 60.9 Å². The van der Waals surface area contributed by atoms with Crippen LogP contribution in [0.25, 0.3) is 0 Å². The summed E-state index contributed by atoms with van der Waals surface area (Å²) in [6, 6.07) is 0.0312. The summed E-state index contributed by atoms with van der Waals surface area (Å²) >= 11 is 0. The van der Waals surface area contributed by atoms with Crippen LogP contribution >= 0.6 is 0 Å². The van der Waals surface area contributed by atoms with E-state index in [-0.39, 0.29) is 17.9 Å². The van der Waals surface area contributed by atoms with E-state index in [9.17, 15) is 14.7 Å². The molecule has 2 amide bonds. The van der Waals surface area contributed by atoms with Crippen LogP contribution in [0.1, 0.15) is 46.5 Å². The van der Waals surface area contributed by atoms with Gasteiger partial charge in [-0.05, 0) is 46.5 Å². The first-order chi connectivity index (χ1) is 8.64. The highest BCUT2D eigenvalue weighted by molar-refractivity contribution is 5.78. The minimum atomic E-state index is -0.866. The largest absolute Gasteiger partial charge is 0.465 e. The second-order valence-electron chi connectivity index (χ2n) is 6.56. The first kappa shape index (κ1) is 15.8. The van der Waals surface area contributed by atoms with E-state index >= 15 is 0 Å². The summed E-state index contributed by atoms with van der Waals surface area (Å²) < 4.78 is 0. The Bertz CT molecular complexity index is 339. The number of carbonyl (C=O) groups is 2. The Hall–Kier alpha value is -1.26. The van der Waals surface area contributed by atoms with Crippen LogP contribution in [0.4, 0.5) is 4.79 Å². The van der Waals surface area contributed by atoms with E-state index in [0.717, 1.165) is 25.7 Å². The molecule has 0 aromatic carbocycles. The second kappa shape index (κ2) is 5.80. The van der Waals surface area contributed by atoms with Crippen molar-refractivity contribution in [3.8, 4) is 0 Å². The molecule has 0 aliphatic heterocycles. The number of nitrogens with zero attached hydrogens (tertiary/aromatic N) is 2. The van der Waals surface area contributed by atoms with Gasteiger partial charge >= 0.3 is 6.09 Å². The van der Waals surface area contributed by atoms with Crippen molar-refractivity contribution in [2.24, 2.45) is 5.92 Å². The lowest BCUT2D eigenvalue weighted by Crippen LogP contribution is -2.52. The van der Waals surface area contributed by atoms with Crippen LogP contribution in [0.3, 0.4) is 0 Å². The molecule has 1 saturated carbocycles. The molecule has 1 N–H and O–H groups in total. The van der Waals surface area contributed by atoms with E-state index in [1.165, 1.54) is 0 Å². The third-order valence-corrected chi connectivity index (χ3v) is 3.78. The lowest BCUT2D eigenvalue weighted by molar-refractivity contribution is -0.134. The fraction of sp³-hybridized carbons (Fsp3) is 0.857. The van der Waals surface area contributed by atoms with E-state index in [1.54, 1.807) is 23.9 Å². The van der Waals surface area contributed by atoms with Crippen molar-refractivity contribution in [1.82, 2.24) is 9.80 Å². The number of amides is 2. The smallest absolute Gasteiger partial charge is 0.407 e. The van der Waals surface area contributed by atoms with E-state index in [0.29, 0.717) is 0 Å². The molecule has 0 atom stereocenters. The van der Waals surface area contributed by atoms with E-state index in [2.05, 4.69) is 0 Å². The van der Waals surface area contributed by atoms with Crippen molar-refractivity contribution in [3.05, 3.63) is 0 Å². The molecule has 0 unspecified atom stereocenters. The SMILES string of the molecule is CN(C)C(=O)[C@H]1CC[C@@H](N(C(=O)O)C(C)(C)C)CC1. The van der Waals surface area contributed by atoms with Gasteiger partial charge in [0.15, 0.2) is 0 Å². The molecule has 5 nitrogen and oxygen atoms in total. The molecule has 1 rings (SSSR count). The van der Waals surface area contributed by atoms with Crippen LogP contribution < -0.4 is 0 Å². The Morgan fingerprint density at radius 2 is 1.53 bits per heavy atom. The minimum Gasteiger partial charge on any atom is -0.465 e. The average molecular weight is 270 g/mol. The molecular formula is C14H26N2O3. The summed E-state index contributed by atoms with van der Waals surface area (Å²) in [4.78, 5) is 26.5. The molecule has 0 aromatic heterocycles. The van der Waals surface area contributed by atoms with Crippen LogP contribution in [0.2, 0.25) is 0 Å². The molecular weight excluding hydrogens is 244 g/mol. The first-order valence-corrected chi connectivity index (χ1v) is 6.88. The molecule has 1 fully saturated rings. The van der Waals surface area contributed by atoms with Gasteiger partial charge in [-0.15, -0.1) is 0 Å². The van der Waals surface area contributed by atoms with Gasteiger partial charge in [-0.1, -0.05) is 0 Å². The summed E-state index contributed by atoms with van der Waals surface area (Å²) in [5.74, 6) is 0.220. The number of rotatable bonds is 2. The Morgan fingerprint density at radius 3 is 1.84 bits per heavy atom. The number of carbonyl (C=O) groups excluding carboxylic acids is 1. The molecule has 0 aromatic rings. The fourth-order valence-corrected chi connectivity index (χ4v) is 2.94. The maximum Gasteiger partial charge on any atom is 0.407 e. The van der Waals surface area contributed by atoms with Crippen molar-refractivity contribution in [1.29, 1.82) is 0 Å². The standard InChI is InChI=1S/C14H26N2O3/c1-14(2,3)16(13(18)19)11-8-6-10(7-9-11)12(17)15(4)5/h10-11H,6-9H2,1-5H3,(H,18,19)/t10-,11+. The number of carboxylic acid groups (broad SMARTS) is 1. The maximum absolute atomic E-state index is 11.9.